The second kappa shape index (κ2) is 2.20. The SMILES string of the molecule is CC1C#CC2C(=O)[C@@]1(C(=O)O)C2(C)C. The highest BCUT2D eigenvalue weighted by molar-refractivity contribution is 6.13. The number of carboxylic acids is 1. The van der Waals surface area contributed by atoms with Crippen LogP contribution >= 0.6 is 0 Å². The lowest BCUT2D eigenvalue weighted by molar-refractivity contribution is -0.191. The molecule has 0 aromatic rings. The Kier molecular flexibility index (Phi) is 1.45. The summed E-state index contributed by atoms with van der Waals surface area (Å²) in [6.07, 6.45) is 0. The minimum atomic E-state index is -1.26. The van der Waals surface area contributed by atoms with Gasteiger partial charge in [0.1, 0.15) is 5.41 Å². The number of aliphatic carboxylic acids is 1. The summed E-state index contributed by atoms with van der Waals surface area (Å²) < 4.78 is 0. The van der Waals surface area contributed by atoms with Crippen molar-refractivity contribution in [3.8, 4) is 11.8 Å². The van der Waals surface area contributed by atoms with Crippen LogP contribution in [0.3, 0.4) is 0 Å². The topological polar surface area (TPSA) is 54.4 Å². The van der Waals surface area contributed by atoms with Crippen molar-refractivity contribution in [1.82, 2.24) is 0 Å². The van der Waals surface area contributed by atoms with E-state index in [1.807, 2.05) is 13.8 Å². The summed E-state index contributed by atoms with van der Waals surface area (Å²) in [4.78, 5) is 23.0. The summed E-state index contributed by atoms with van der Waals surface area (Å²) in [5.74, 6) is 3.70. The highest BCUT2D eigenvalue weighted by Gasteiger charge is 2.75. The third-order valence-electron chi connectivity index (χ3n) is 3.82. The minimum absolute atomic E-state index is 0.207. The molecular weight excluding hydrogens is 180 g/mol. The molecule has 0 saturated heterocycles. The fourth-order valence-corrected chi connectivity index (χ4v) is 2.92. The van der Waals surface area contributed by atoms with Crippen molar-refractivity contribution in [2.45, 2.75) is 20.8 Å². The number of hydrogen-bond acceptors (Lipinski definition) is 2. The van der Waals surface area contributed by atoms with Crippen LogP contribution in [0.1, 0.15) is 20.8 Å². The quantitative estimate of drug-likeness (QED) is 0.497. The molecule has 3 nitrogen and oxygen atoms in total. The van der Waals surface area contributed by atoms with E-state index < -0.39 is 16.8 Å². The molecule has 3 aliphatic rings. The minimum Gasteiger partial charge on any atom is -0.480 e. The average Bonchev–Trinajstić information content (AvgIpc) is 2.02. The van der Waals surface area contributed by atoms with Gasteiger partial charge >= 0.3 is 5.97 Å². The van der Waals surface area contributed by atoms with E-state index in [0.29, 0.717) is 0 Å². The third kappa shape index (κ3) is 0.608. The molecule has 3 aliphatic carbocycles. The van der Waals surface area contributed by atoms with Gasteiger partial charge in [-0.25, -0.2) is 0 Å². The Morgan fingerprint density at radius 3 is 2.29 bits per heavy atom. The van der Waals surface area contributed by atoms with Crippen LogP contribution in [-0.4, -0.2) is 16.9 Å². The third-order valence-corrected chi connectivity index (χ3v) is 3.82. The number of Topliss-reactive ketones (excluding diaryl/α,β-unsaturated/α-hetero) is 1. The van der Waals surface area contributed by atoms with Gasteiger partial charge in [0, 0.05) is 11.3 Å². The Morgan fingerprint density at radius 2 is 2.00 bits per heavy atom. The molecule has 3 atom stereocenters. The summed E-state index contributed by atoms with van der Waals surface area (Å²) in [6, 6.07) is 0. The molecule has 0 heterocycles. The zero-order valence-electron chi connectivity index (χ0n) is 8.42. The zero-order chi connectivity index (χ0) is 10.7. The molecule has 3 heteroatoms. The summed E-state index contributed by atoms with van der Waals surface area (Å²) >= 11 is 0. The Bertz CT molecular complexity index is 396. The van der Waals surface area contributed by atoms with Gasteiger partial charge in [-0.3, -0.25) is 9.59 Å². The average molecular weight is 192 g/mol. The Balaban J connectivity index is 2.65. The van der Waals surface area contributed by atoms with Crippen molar-refractivity contribution >= 4 is 11.8 Å². The van der Waals surface area contributed by atoms with Crippen LogP contribution in [0, 0.1) is 34.5 Å². The predicted molar refractivity (Wildman–Crippen MR) is 49.3 cm³/mol. The number of carbonyl (C=O) groups is 2. The fraction of sp³-hybridized carbons (Fsp3) is 0.636. The van der Waals surface area contributed by atoms with Gasteiger partial charge in [-0.2, -0.15) is 0 Å². The van der Waals surface area contributed by atoms with Crippen molar-refractivity contribution in [1.29, 1.82) is 0 Å². The molecule has 0 aromatic carbocycles. The van der Waals surface area contributed by atoms with E-state index in [1.165, 1.54) is 0 Å². The second-order valence-electron chi connectivity index (χ2n) is 4.64. The van der Waals surface area contributed by atoms with Crippen LogP contribution in [-0.2, 0) is 9.59 Å². The molecule has 0 amide bonds. The lowest BCUT2D eigenvalue weighted by Gasteiger charge is -2.58. The van der Waals surface area contributed by atoms with Crippen LogP contribution in [0.25, 0.3) is 0 Å². The largest absolute Gasteiger partial charge is 0.480 e. The van der Waals surface area contributed by atoms with E-state index in [4.69, 9.17) is 0 Å². The van der Waals surface area contributed by atoms with Gasteiger partial charge in [0.05, 0.1) is 5.92 Å². The van der Waals surface area contributed by atoms with Crippen LogP contribution < -0.4 is 0 Å². The Hall–Kier alpha value is -1.30. The van der Waals surface area contributed by atoms with Gasteiger partial charge in [-0.1, -0.05) is 25.7 Å². The Labute approximate surface area is 82.5 Å². The number of ketones is 1. The van der Waals surface area contributed by atoms with Crippen LogP contribution in [0.15, 0.2) is 0 Å². The molecule has 0 aromatic heterocycles. The predicted octanol–water partition coefficient (Wildman–Crippen LogP) is 0.936. The highest BCUT2D eigenvalue weighted by Crippen LogP contribution is 2.63. The van der Waals surface area contributed by atoms with Gasteiger partial charge in [-0.15, -0.1) is 0 Å². The summed E-state index contributed by atoms with van der Waals surface area (Å²) in [6.45, 7) is 5.35. The second-order valence-corrected chi connectivity index (χ2v) is 4.64. The van der Waals surface area contributed by atoms with E-state index in [2.05, 4.69) is 11.8 Å². The van der Waals surface area contributed by atoms with Gasteiger partial charge < -0.3 is 5.11 Å². The molecule has 1 fully saturated rings. The van der Waals surface area contributed by atoms with Crippen LogP contribution in [0.2, 0.25) is 0 Å². The first-order valence-electron chi connectivity index (χ1n) is 4.65. The molecule has 14 heavy (non-hydrogen) atoms. The highest BCUT2D eigenvalue weighted by atomic mass is 16.4. The lowest BCUT2D eigenvalue weighted by atomic mass is 9.39. The smallest absolute Gasteiger partial charge is 0.319 e. The summed E-state index contributed by atoms with van der Waals surface area (Å²) in [5, 5.41) is 9.22. The molecule has 0 aliphatic heterocycles. The van der Waals surface area contributed by atoms with E-state index in [0.717, 1.165) is 0 Å². The number of carbonyl (C=O) groups excluding carboxylic acids is 1. The lowest BCUT2D eigenvalue weighted by Crippen LogP contribution is -2.71. The van der Waals surface area contributed by atoms with Crippen molar-refractivity contribution in [3.63, 3.8) is 0 Å². The van der Waals surface area contributed by atoms with Crippen LogP contribution in [0.4, 0.5) is 0 Å². The first-order chi connectivity index (χ1) is 6.36. The van der Waals surface area contributed by atoms with Crippen molar-refractivity contribution in [3.05, 3.63) is 0 Å². The molecule has 1 saturated carbocycles. The maximum Gasteiger partial charge on any atom is 0.319 e. The van der Waals surface area contributed by atoms with E-state index in [1.54, 1.807) is 6.92 Å². The molecular formula is C11H12O3. The Morgan fingerprint density at radius 1 is 1.43 bits per heavy atom. The van der Waals surface area contributed by atoms with E-state index in [9.17, 15) is 14.7 Å². The summed E-state index contributed by atoms with van der Waals surface area (Å²) in [5.41, 5.74) is -1.79. The van der Waals surface area contributed by atoms with Gasteiger partial charge in [0.15, 0.2) is 5.78 Å². The van der Waals surface area contributed by atoms with E-state index >= 15 is 0 Å². The number of carboxylic acid groups (broad SMARTS) is 1. The van der Waals surface area contributed by atoms with Crippen LogP contribution in [0.5, 0.6) is 0 Å². The van der Waals surface area contributed by atoms with E-state index in [-0.39, 0.29) is 17.6 Å². The first-order valence-corrected chi connectivity index (χ1v) is 4.65. The molecule has 1 N–H and O–H groups in total. The normalized spacial score (nSPS) is 42.1. The van der Waals surface area contributed by atoms with Crippen molar-refractivity contribution in [2.24, 2.45) is 22.7 Å². The summed E-state index contributed by atoms with van der Waals surface area (Å²) in [7, 11) is 0. The number of rotatable bonds is 1. The fourth-order valence-electron chi connectivity index (χ4n) is 2.92. The number of fused-ring (bicyclic) bond motifs is 1. The van der Waals surface area contributed by atoms with Crippen molar-refractivity contribution in [2.75, 3.05) is 0 Å². The van der Waals surface area contributed by atoms with Gasteiger partial charge in [0.25, 0.3) is 0 Å². The molecule has 0 radical (unpaired) electrons. The van der Waals surface area contributed by atoms with Gasteiger partial charge in [-0.05, 0) is 6.92 Å². The molecule has 2 bridgehead atoms. The zero-order valence-corrected chi connectivity index (χ0v) is 8.42. The number of hydrogen-bond donors (Lipinski definition) is 1. The molecule has 0 spiro atoms. The maximum absolute atomic E-state index is 11.7. The molecule has 2 unspecified atom stereocenters. The van der Waals surface area contributed by atoms with Gasteiger partial charge in [0.2, 0.25) is 0 Å². The maximum atomic E-state index is 11.7. The van der Waals surface area contributed by atoms with Crippen molar-refractivity contribution < 1.29 is 14.7 Å². The monoisotopic (exact) mass is 192 g/mol. The molecule has 3 rings (SSSR count). The standard InChI is InChI=1S/C11H12O3/c1-6-4-5-7-8(12)11(6,9(13)14)10(7,2)3/h6-7H,1-3H3,(H,13,14)/t6?,7?,11-/m0/s1. The first kappa shape index (κ1) is 9.26. The molecule has 74 valence electrons.